The van der Waals surface area contributed by atoms with Gasteiger partial charge in [0.1, 0.15) is 11.3 Å². The molecule has 6 nitrogen and oxygen atoms in total. The first-order valence-corrected chi connectivity index (χ1v) is 11.0. The molecule has 1 unspecified atom stereocenters. The highest BCUT2D eigenvalue weighted by atomic mass is 79.9. The van der Waals surface area contributed by atoms with Gasteiger partial charge in [0.15, 0.2) is 11.5 Å². The van der Waals surface area contributed by atoms with Crippen LogP contribution >= 0.6 is 15.9 Å². The van der Waals surface area contributed by atoms with Crippen LogP contribution in [-0.4, -0.2) is 33.3 Å². The largest absolute Gasteiger partial charge is 0.508 e. The number of phenolic OH excluding ortho intramolecular Hbond substituents is 1. The Morgan fingerprint density at radius 1 is 1.13 bits per heavy atom. The Balaban J connectivity index is 1.78. The third-order valence-electron chi connectivity index (χ3n) is 5.44. The summed E-state index contributed by atoms with van der Waals surface area (Å²) < 4.78 is 6.57. The molecule has 1 atom stereocenters. The molecule has 31 heavy (non-hydrogen) atoms. The molecule has 2 N–H and O–H groups in total. The molecule has 1 aliphatic heterocycles. The van der Waals surface area contributed by atoms with Crippen molar-refractivity contribution >= 4 is 38.6 Å². The van der Waals surface area contributed by atoms with Crippen LogP contribution in [0.4, 0.5) is 0 Å². The molecule has 2 aromatic carbocycles. The van der Waals surface area contributed by atoms with Crippen LogP contribution < -0.4 is 0 Å². The van der Waals surface area contributed by atoms with Gasteiger partial charge in [-0.25, -0.2) is 0 Å². The third-order valence-corrected chi connectivity index (χ3v) is 5.93. The Labute approximate surface area is 187 Å². The molecule has 3 aromatic rings. The van der Waals surface area contributed by atoms with E-state index in [9.17, 15) is 19.8 Å². The number of amides is 1. The van der Waals surface area contributed by atoms with Crippen molar-refractivity contribution in [3.63, 3.8) is 0 Å². The predicted octanol–water partition coefficient (Wildman–Crippen LogP) is 5.67. The maximum Gasteiger partial charge on any atom is 0.290 e. The molecule has 0 fully saturated rings. The van der Waals surface area contributed by atoms with Crippen molar-refractivity contribution in [3.05, 3.63) is 75.7 Å². The van der Waals surface area contributed by atoms with Crippen molar-refractivity contribution in [1.29, 1.82) is 0 Å². The number of carbonyl (C=O) groups excluding carboxylic acids is 2. The van der Waals surface area contributed by atoms with Gasteiger partial charge in [-0.15, -0.1) is 0 Å². The summed E-state index contributed by atoms with van der Waals surface area (Å²) in [5, 5.41) is 21.4. The van der Waals surface area contributed by atoms with E-state index in [-0.39, 0.29) is 17.1 Å². The fourth-order valence-corrected chi connectivity index (χ4v) is 4.33. The Hall–Kier alpha value is -3.06. The van der Waals surface area contributed by atoms with Gasteiger partial charge in [0.25, 0.3) is 5.91 Å². The van der Waals surface area contributed by atoms with E-state index in [0.717, 1.165) is 29.1 Å². The number of aliphatic hydroxyl groups is 1. The van der Waals surface area contributed by atoms with Crippen molar-refractivity contribution in [1.82, 2.24) is 4.90 Å². The standard InChI is InChI=1S/C24H22BrNO5/c1-2-3-4-10-26-21(14-6-5-7-17(27)12-14)20(23(29)24(26)30)22(28)19-13-15-11-16(25)8-9-18(15)31-19/h5-9,11-13,21,27,29H,2-4,10H2,1H3. The number of furan rings is 1. The average molecular weight is 484 g/mol. The SMILES string of the molecule is CCCCCN1C(=O)C(O)=C(C(=O)c2cc3cc(Br)ccc3o2)C1c1cccc(O)c1. The number of aliphatic hydroxyl groups excluding tert-OH is 1. The van der Waals surface area contributed by atoms with Crippen molar-refractivity contribution in [2.24, 2.45) is 0 Å². The summed E-state index contributed by atoms with van der Waals surface area (Å²) in [7, 11) is 0. The van der Waals surface area contributed by atoms with Crippen molar-refractivity contribution < 1.29 is 24.2 Å². The summed E-state index contributed by atoms with van der Waals surface area (Å²) >= 11 is 3.40. The van der Waals surface area contributed by atoms with Gasteiger partial charge in [0.05, 0.1) is 11.6 Å². The number of benzene rings is 2. The topological polar surface area (TPSA) is 91.0 Å². The van der Waals surface area contributed by atoms with E-state index in [4.69, 9.17) is 4.42 Å². The van der Waals surface area contributed by atoms with Crippen LogP contribution in [0.3, 0.4) is 0 Å². The first kappa shape index (κ1) is 21.2. The number of phenols is 1. The molecule has 0 bridgehead atoms. The monoisotopic (exact) mass is 483 g/mol. The van der Waals surface area contributed by atoms with Gasteiger partial charge in [-0.05, 0) is 48.4 Å². The van der Waals surface area contributed by atoms with Gasteiger partial charge in [-0.3, -0.25) is 9.59 Å². The van der Waals surface area contributed by atoms with Crippen LogP contribution in [0.15, 0.2) is 68.8 Å². The molecule has 0 saturated carbocycles. The fourth-order valence-electron chi connectivity index (χ4n) is 3.95. The summed E-state index contributed by atoms with van der Waals surface area (Å²) in [6.07, 6.45) is 2.63. The van der Waals surface area contributed by atoms with Gasteiger partial charge < -0.3 is 19.5 Å². The molecule has 2 heterocycles. The highest BCUT2D eigenvalue weighted by molar-refractivity contribution is 9.10. The van der Waals surface area contributed by atoms with Crippen molar-refractivity contribution in [3.8, 4) is 5.75 Å². The van der Waals surface area contributed by atoms with Gasteiger partial charge in [0.2, 0.25) is 5.78 Å². The minimum absolute atomic E-state index is 0.0187. The van der Waals surface area contributed by atoms with E-state index in [1.54, 1.807) is 30.3 Å². The average Bonchev–Trinajstić information content (AvgIpc) is 3.27. The van der Waals surface area contributed by atoms with E-state index in [1.165, 1.54) is 17.0 Å². The molecule has 4 rings (SSSR count). The Morgan fingerprint density at radius 3 is 2.68 bits per heavy atom. The Bertz CT molecular complexity index is 1200. The van der Waals surface area contributed by atoms with Gasteiger partial charge >= 0.3 is 0 Å². The summed E-state index contributed by atoms with van der Waals surface area (Å²) in [5.41, 5.74) is 1.05. The van der Waals surface area contributed by atoms with Gasteiger partial charge in [0, 0.05) is 16.4 Å². The highest BCUT2D eigenvalue weighted by Gasteiger charge is 2.44. The van der Waals surface area contributed by atoms with E-state index in [0.29, 0.717) is 17.7 Å². The normalized spacial score (nSPS) is 16.5. The number of ketones is 1. The molecular weight excluding hydrogens is 462 g/mol. The highest BCUT2D eigenvalue weighted by Crippen LogP contribution is 2.40. The molecule has 0 saturated heterocycles. The third kappa shape index (κ3) is 3.97. The zero-order valence-corrected chi connectivity index (χ0v) is 18.6. The number of nitrogens with zero attached hydrogens (tertiary/aromatic N) is 1. The molecule has 1 amide bonds. The Kier molecular flexibility index (Phi) is 5.87. The lowest BCUT2D eigenvalue weighted by molar-refractivity contribution is -0.129. The second-order valence-corrected chi connectivity index (χ2v) is 8.50. The smallest absolute Gasteiger partial charge is 0.290 e. The van der Waals surface area contributed by atoms with Crippen LogP contribution in [0.1, 0.15) is 48.3 Å². The van der Waals surface area contributed by atoms with Gasteiger partial charge in [-0.2, -0.15) is 0 Å². The molecule has 1 aliphatic rings. The lowest BCUT2D eigenvalue weighted by Crippen LogP contribution is -2.32. The molecule has 7 heteroatoms. The summed E-state index contributed by atoms with van der Waals surface area (Å²) in [6.45, 7) is 2.45. The number of aromatic hydroxyl groups is 1. The number of halogens is 1. The quantitative estimate of drug-likeness (QED) is 0.333. The van der Waals surface area contributed by atoms with E-state index < -0.39 is 23.5 Å². The number of rotatable bonds is 7. The molecule has 1 aromatic heterocycles. The number of unbranched alkanes of at least 4 members (excludes halogenated alkanes) is 2. The summed E-state index contributed by atoms with van der Waals surface area (Å²) in [4.78, 5) is 27.8. The number of fused-ring (bicyclic) bond motifs is 1. The van der Waals surface area contributed by atoms with Crippen LogP contribution in [0.2, 0.25) is 0 Å². The van der Waals surface area contributed by atoms with Gasteiger partial charge in [-0.1, -0.05) is 47.8 Å². The minimum atomic E-state index is -0.802. The fraction of sp³-hybridized carbons (Fsp3) is 0.250. The number of carbonyl (C=O) groups is 2. The first-order chi connectivity index (χ1) is 14.9. The number of hydrogen-bond acceptors (Lipinski definition) is 5. The van der Waals surface area contributed by atoms with E-state index in [2.05, 4.69) is 22.9 Å². The van der Waals surface area contributed by atoms with Crippen molar-refractivity contribution in [2.75, 3.05) is 6.54 Å². The Morgan fingerprint density at radius 2 is 1.94 bits per heavy atom. The van der Waals surface area contributed by atoms with Crippen molar-refractivity contribution in [2.45, 2.75) is 32.2 Å². The lowest BCUT2D eigenvalue weighted by Gasteiger charge is -2.26. The van der Waals surface area contributed by atoms with Crippen LogP contribution in [0.5, 0.6) is 5.75 Å². The zero-order valence-electron chi connectivity index (χ0n) is 17.0. The number of hydrogen-bond donors (Lipinski definition) is 2. The summed E-state index contributed by atoms with van der Waals surface area (Å²) in [5.74, 6) is -1.65. The van der Waals surface area contributed by atoms with Crippen LogP contribution in [-0.2, 0) is 4.79 Å². The maximum atomic E-state index is 13.4. The van der Waals surface area contributed by atoms with E-state index in [1.807, 2.05) is 6.07 Å². The molecule has 0 radical (unpaired) electrons. The number of Topliss-reactive ketones (excluding diaryl/α,β-unsaturated/α-hetero) is 1. The van der Waals surface area contributed by atoms with Crippen LogP contribution in [0.25, 0.3) is 11.0 Å². The first-order valence-electron chi connectivity index (χ1n) is 10.2. The lowest BCUT2D eigenvalue weighted by atomic mass is 9.94. The molecule has 0 aliphatic carbocycles. The summed E-state index contributed by atoms with van der Waals surface area (Å²) in [6, 6.07) is 12.6. The second-order valence-electron chi connectivity index (χ2n) is 7.59. The van der Waals surface area contributed by atoms with E-state index >= 15 is 0 Å². The second kappa shape index (κ2) is 8.59. The minimum Gasteiger partial charge on any atom is -0.508 e. The predicted molar refractivity (Wildman–Crippen MR) is 120 cm³/mol. The molecule has 0 spiro atoms. The maximum absolute atomic E-state index is 13.4. The zero-order chi connectivity index (χ0) is 22.1. The molecular formula is C24H22BrNO5. The molecule has 160 valence electrons. The van der Waals surface area contributed by atoms with Crippen LogP contribution in [0, 0.1) is 0 Å².